The summed E-state index contributed by atoms with van der Waals surface area (Å²) >= 11 is 6.07. The first kappa shape index (κ1) is 12.9. The second-order valence-electron chi connectivity index (χ2n) is 4.27. The molecule has 0 bridgehead atoms. The molecule has 0 spiro atoms. The van der Waals surface area contributed by atoms with E-state index in [2.05, 4.69) is 29.1 Å². The quantitative estimate of drug-likeness (QED) is 0.852. The smallest absolute Gasteiger partial charge is 0.287 e. The topological polar surface area (TPSA) is 46.9 Å². The minimum Gasteiger partial charge on any atom is -0.379 e. The van der Waals surface area contributed by atoms with Crippen molar-refractivity contribution in [3.8, 4) is 0 Å². The van der Waals surface area contributed by atoms with Crippen LogP contribution in [0.15, 0.2) is 35.8 Å². The molecule has 18 heavy (non-hydrogen) atoms. The van der Waals surface area contributed by atoms with Gasteiger partial charge in [0.25, 0.3) is 5.56 Å². The summed E-state index contributed by atoms with van der Waals surface area (Å²) in [6.07, 6.45) is 10.6. The molecule has 96 valence electrons. The highest BCUT2D eigenvalue weighted by atomic mass is 35.5. The van der Waals surface area contributed by atoms with Gasteiger partial charge in [-0.1, -0.05) is 29.8 Å². The van der Waals surface area contributed by atoms with E-state index in [4.69, 9.17) is 11.6 Å². The van der Waals surface area contributed by atoms with Gasteiger partial charge in [0, 0.05) is 6.04 Å². The third-order valence-corrected chi connectivity index (χ3v) is 3.28. The molecule has 0 aliphatic heterocycles. The summed E-state index contributed by atoms with van der Waals surface area (Å²) in [5.74, 6) is 0. The fraction of sp³-hybridized carbons (Fsp3) is 0.385. The van der Waals surface area contributed by atoms with Crippen LogP contribution in [0.3, 0.4) is 0 Å². The van der Waals surface area contributed by atoms with Crippen molar-refractivity contribution < 1.29 is 0 Å². The highest BCUT2D eigenvalue weighted by Gasteiger charge is 2.14. The Morgan fingerprint density at radius 3 is 3.11 bits per heavy atom. The van der Waals surface area contributed by atoms with E-state index in [-0.39, 0.29) is 10.6 Å². The van der Waals surface area contributed by atoms with Crippen LogP contribution in [-0.2, 0) is 6.54 Å². The molecule has 0 aromatic carbocycles. The number of nitrogens with zero attached hydrogens (tertiary/aromatic N) is 2. The lowest BCUT2D eigenvalue weighted by Crippen LogP contribution is -2.26. The Morgan fingerprint density at radius 2 is 2.44 bits per heavy atom. The van der Waals surface area contributed by atoms with Gasteiger partial charge in [-0.3, -0.25) is 4.79 Å². The summed E-state index contributed by atoms with van der Waals surface area (Å²) in [5, 5.41) is 7.53. The van der Waals surface area contributed by atoms with Crippen LogP contribution in [0.25, 0.3) is 0 Å². The van der Waals surface area contributed by atoms with E-state index in [9.17, 15) is 4.79 Å². The molecular weight excluding hydrogens is 250 g/mol. The summed E-state index contributed by atoms with van der Waals surface area (Å²) in [6, 6.07) is 0.323. The Kier molecular flexibility index (Phi) is 4.20. The standard InChI is InChI=1S/C13H16ClN3O/c1-2-8-17-13(18)12(14)11(9-15-17)16-10-6-4-3-5-7-10/h2-4,9-10,16H,1,5-8H2. The zero-order valence-electron chi connectivity index (χ0n) is 10.1. The maximum atomic E-state index is 11.9. The lowest BCUT2D eigenvalue weighted by atomic mass is 10.0. The van der Waals surface area contributed by atoms with Gasteiger partial charge in [-0.25, -0.2) is 4.68 Å². The third-order valence-electron chi connectivity index (χ3n) is 2.92. The first-order valence-electron chi connectivity index (χ1n) is 6.00. The van der Waals surface area contributed by atoms with Crippen molar-refractivity contribution >= 4 is 17.3 Å². The average molecular weight is 266 g/mol. The molecule has 0 radical (unpaired) electrons. The minimum absolute atomic E-state index is 0.196. The van der Waals surface area contributed by atoms with E-state index in [1.54, 1.807) is 12.3 Å². The predicted molar refractivity (Wildman–Crippen MR) is 74.1 cm³/mol. The van der Waals surface area contributed by atoms with Crippen LogP contribution in [0.5, 0.6) is 0 Å². The maximum absolute atomic E-state index is 11.9. The molecule has 1 unspecified atom stereocenters. The number of anilines is 1. The minimum atomic E-state index is -0.284. The average Bonchev–Trinajstić information content (AvgIpc) is 2.40. The summed E-state index contributed by atoms with van der Waals surface area (Å²) < 4.78 is 1.29. The van der Waals surface area contributed by atoms with Gasteiger partial charge in [-0.15, -0.1) is 6.58 Å². The summed E-state index contributed by atoms with van der Waals surface area (Å²) in [6.45, 7) is 3.94. The zero-order valence-corrected chi connectivity index (χ0v) is 10.9. The molecular formula is C13H16ClN3O. The monoisotopic (exact) mass is 265 g/mol. The number of hydrogen-bond donors (Lipinski definition) is 1. The fourth-order valence-corrected chi connectivity index (χ4v) is 2.16. The largest absolute Gasteiger partial charge is 0.379 e. The van der Waals surface area contributed by atoms with Crippen molar-refractivity contribution in [3.05, 3.63) is 46.4 Å². The van der Waals surface area contributed by atoms with Crippen LogP contribution < -0.4 is 10.9 Å². The highest BCUT2D eigenvalue weighted by Crippen LogP contribution is 2.21. The summed E-state index contributed by atoms with van der Waals surface area (Å²) in [7, 11) is 0. The van der Waals surface area contributed by atoms with Gasteiger partial charge in [-0.2, -0.15) is 5.10 Å². The fourth-order valence-electron chi connectivity index (χ4n) is 1.96. The molecule has 1 aliphatic rings. The lowest BCUT2D eigenvalue weighted by Gasteiger charge is -2.21. The molecule has 1 atom stereocenters. The van der Waals surface area contributed by atoms with Crippen LogP contribution in [0.4, 0.5) is 5.69 Å². The van der Waals surface area contributed by atoms with Gasteiger partial charge in [-0.05, 0) is 19.3 Å². The van der Waals surface area contributed by atoms with Gasteiger partial charge < -0.3 is 5.32 Å². The molecule has 2 rings (SSSR count). The number of hydrogen-bond acceptors (Lipinski definition) is 3. The van der Waals surface area contributed by atoms with Crippen molar-refractivity contribution in [2.45, 2.75) is 31.8 Å². The van der Waals surface area contributed by atoms with Crippen LogP contribution in [-0.4, -0.2) is 15.8 Å². The number of halogens is 1. The van der Waals surface area contributed by atoms with E-state index in [0.29, 0.717) is 18.3 Å². The number of allylic oxidation sites excluding steroid dienone is 2. The molecule has 1 heterocycles. The number of aromatic nitrogens is 2. The van der Waals surface area contributed by atoms with E-state index in [0.717, 1.165) is 19.3 Å². The molecule has 1 aliphatic carbocycles. The van der Waals surface area contributed by atoms with Crippen LogP contribution >= 0.6 is 11.6 Å². The first-order valence-corrected chi connectivity index (χ1v) is 6.38. The second-order valence-corrected chi connectivity index (χ2v) is 4.65. The maximum Gasteiger partial charge on any atom is 0.287 e. The Labute approximate surface area is 111 Å². The zero-order chi connectivity index (χ0) is 13.0. The number of rotatable bonds is 4. The molecule has 1 N–H and O–H groups in total. The van der Waals surface area contributed by atoms with Crippen molar-refractivity contribution in [2.75, 3.05) is 5.32 Å². The van der Waals surface area contributed by atoms with Gasteiger partial charge in [0.1, 0.15) is 5.02 Å². The van der Waals surface area contributed by atoms with Crippen LogP contribution in [0, 0.1) is 0 Å². The van der Waals surface area contributed by atoms with Crippen molar-refractivity contribution in [1.82, 2.24) is 9.78 Å². The molecule has 0 fully saturated rings. The second kappa shape index (κ2) is 5.87. The normalized spacial score (nSPS) is 18.6. The van der Waals surface area contributed by atoms with E-state index >= 15 is 0 Å². The van der Waals surface area contributed by atoms with Gasteiger partial charge in [0.05, 0.1) is 18.4 Å². The van der Waals surface area contributed by atoms with E-state index < -0.39 is 0 Å². The molecule has 0 saturated carbocycles. The van der Waals surface area contributed by atoms with Crippen molar-refractivity contribution in [2.24, 2.45) is 0 Å². The summed E-state index contributed by atoms with van der Waals surface area (Å²) in [5.41, 5.74) is 0.329. The molecule has 1 aromatic rings. The molecule has 4 nitrogen and oxygen atoms in total. The van der Waals surface area contributed by atoms with Crippen LogP contribution in [0.1, 0.15) is 19.3 Å². The highest BCUT2D eigenvalue weighted by molar-refractivity contribution is 6.32. The lowest BCUT2D eigenvalue weighted by molar-refractivity contribution is 0.632. The van der Waals surface area contributed by atoms with E-state index in [1.807, 2.05) is 0 Å². The van der Waals surface area contributed by atoms with Crippen molar-refractivity contribution in [3.63, 3.8) is 0 Å². The Balaban J connectivity index is 2.18. The predicted octanol–water partition coefficient (Wildman–Crippen LogP) is 2.60. The third kappa shape index (κ3) is 2.82. The SMILES string of the molecule is C=CCn1ncc(NC2CC=CCC2)c(Cl)c1=O. The molecule has 0 amide bonds. The Morgan fingerprint density at radius 1 is 1.61 bits per heavy atom. The number of nitrogens with one attached hydrogen (secondary N) is 1. The Hall–Kier alpha value is -1.55. The summed E-state index contributed by atoms with van der Waals surface area (Å²) in [4.78, 5) is 11.9. The van der Waals surface area contributed by atoms with Gasteiger partial charge in [0.15, 0.2) is 0 Å². The molecule has 5 heteroatoms. The van der Waals surface area contributed by atoms with Crippen molar-refractivity contribution in [1.29, 1.82) is 0 Å². The van der Waals surface area contributed by atoms with Crippen LogP contribution in [0.2, 0.25) is 5.02 Å². The molecule has 1 aromatic heterocycles. The van der Waals surface area contributed by atoms with E-state index in [1.165, 1.54) is 4.68 Å². The van der Waals surface area contributed by atoms with Gasteiger partial charge >= 0.3 is 0 Å². The Bertz CT molecular complexity index is 521. The van der Waals surface area contributed by atoms with Gasteiger partial charge in [0.2, 0.25) is 0 Å². The first-order chi connectivity index (χ1) is 8.72. The molecule has 0 saturated heterocycles.